The second-order valence-electron chi connectivity index (χ2n) is 3.18. The summed E-state index contributed by atoms with van der Waals surface area (Å²) in [6.07, 6.45) is -0.730. The molecule has 0 atom stereocenters. The fourth-order valence-electron chi connectivity index (χ4n) is 1.49. The number of hydrogen-bond acceptors (Lipinski definition) is 3. The summed E-state index contributed by atoms with van der Waals surface area (Å²) in [4.78, 5) is 11.2. The Hall–Kier alpha value is -2.03. The van der Waals surface area contributed by atoms with Crippen LogP contribution in [0.3, 0.4) is 0 Å². The fraction of sp³-hybridized carbons (Fsp3) is 0.0769. The van der Waals surface area contributed by atoms with Gasteiger partial charge in [0, 0.05) is 5.39 Å². The van der Waals surface area contributed by atoms with Gasteiger partial charge in [-0.05, 0) is 18.4 Å². The van der Waals surface area contributed by atoms with Crippen molar-refractivity contribution in [2.45, 2.75) is 0 Å². The molecule has 0 aliphatic rings. The zero-order valence-electron chi connectivity index (χ0n) is 8.68. The molecule has 0 saturated heterocycles. The third kappa shape index (κ3) is 2.14. The molecule has 2 rings (SSSR count). The molecule has 2 aromatic rings. The highest BCUT2D eigenvalue weighted by atomic mass is 16.7. The lowest BCUT2D eigenvalue weighted by atomic mass is 10.1. The van der Waals surface area contributed by atoms with Crippen molar-refractivity contribution >= 4 is 16.9 Å². The molecule has 0 unspecified atom stereocenters. The molecule has 0 spiro atoms. The molecule has 0 fully saturated rings. The minimum Gasteiger partial charge on any atom is -0.434 e. The Morgan fingerprint density at radius 3 is 2.69 bits per heavy atom. The molecule has 0 aromatic heterocycles. The number of rotatable bonds is 2. The lowest BCUT2D eigenvalue weighted by molar-refractivity contribution is 0.109. The Bertz CT molecular complexity index is 500. The zero-order chi connectivity index (χ0) is 11.4. The SMILES string of the molecule is [CH2]COC(=O)Oc1cccc2ccccc12. The Morgan fingerprint density at radius 2 is 1.88 bits per heavy atom. The average molecular weight is 215 g/mol. The van der Waals surface area contributed by atoms with Gasteiger partial charge in [0.1, 0.15) is 5.75 Å². The van der Waals surface area contributed by atoms with Crippen molar-refractivity contribution in [2.75, 3.05) is 6.61 Å². The van der Waals surface area contributed by atoms with Crippen LogP contribution in [0.4, 0.5) is 4.79 Å². The highest BCUT2D eigenvalue weighted by molar-refractivity contribution is 5.89. The summed E-state index contributed by atoms with van der Waals surface area (Å²) in [5, 5.41) is 1.90. The average Bonchev–Trinajstić information content (AvgIpc) is 2.30. The van der Waals surface area contributed by atoms with Crippen LogP contribution < -0.4 is 4.74 Å². The van der Waals surface area contributed by atoms with Crippen LogP contribution in [0, 0.1) is 6.92 Å². The first-order valence-corrected chi connectivity index (χ1v) is 4.93. The van der Waals surface area contributed by atoms with E-state index >= 15 is 0 Å². The van der Waals surface area contributed by atoms with E-state index in [4.69, 9.17) is 4.74 Å². The van der Waals surface area contributed by atoms with Gasteiger partial charge in [0.15, 0.2) is 0 Å². The first-order chi connectivity index (χ1) is 7.81. The predicted molar refractivity (Wildman–Crippen MR) is 61.3 cm³/mol. The summed E-state index contributed by atoms with van der Waals surface area (Å²) in [5.41, 5.74) is 0. The normalized spacial score (nSPS) is 10.1. The van der Waals surface area contributed by atoms with Crippen molar-refractivity contribution in [2.24, 2.45) is 0 Å². The van der Waals surface area contributed by atoms with E-state index in [-0.39, 0.29) is 6.61 Å². The van der Waals surface area contributed by atoms with E-state index in [1.807, 2.05) is 36.4 Å². The molecule has 3 nitrogen and oxygen atoms in total. The summed E-state index contributed by atoms with van der Waals surface area (Å²) < 4.78 is 9.69. The Labute approximate surface area is 93.6 Å². The van der Waals surface area contributed by atoms with Crippen molar-refractivity contribution in [3.63, 3.8) is 0 Å². The van der Waals surface area contributed by atoms with Crippen LogP contribution in [0.2, 0.25) is 0 Å². The first kappa shape index (κ1) is 10.5. The Kier molecular flexibility index (Phi) is 3.05. The molecule has 0 N–H and O–H groups in total. The van der Waals surface area contributed by atoms with E-state index in [0.717, 1.165) is 10.8 Å². The monoisotopic (exact) mass is 215 g/mol. The third-order valence-electron chi connectivity index (χ3n) is 2.16. The fourth-order valence-corrected chi connectivity index (χ4v) is 1.49. The van der Waals surface area contributed by atoms with Crippen LogP contribution in [-0.4, -0.2) is 12.8 Å². The van der Waals surface area contributed by atoms with Crippen molar-refractivity contribution < 1.29 is 14.3 Å². The number of carbonyl (C=O) groups is 1. The zero-order valence-corrected chi connectivity index (χ0v) is 8.68. The molecule has 3 heteroatoms. The van der Waals surface area contributed by atoms with Gasteiger partial charge in [0.05, 0.1) is 6.61 Å². The number of benzene rings is 2. The highest BCUT2D eigenvalue weighted by Crippen LogP contribution is 2.25. The molecule has 2 aromatic carbocycles. The quantitative estimate of drug-likeness (QED) is 0.570. The van der Waals surface area contributed by atoms with Crippen molar-refractivity contribution in [1.29, 1.82) is 0 Å². The van der Waals surface area contributed by atoms with Crippen LogP contribution in [0.5, 0.6) is 5.75 Å². The van der Waals surface area contributed by atoms with Gasteiger partial charge in [0.25, 0.3) is 0 Å². The lowest BCUT2D eigenvalue weighted by Crippen LogP contribution is -2.10. The lowest BCUT2D eigenvalue weighted by Gasteiger charge is -2.06. The summed E-state index contributed by atoms with van der Waals surface area (Å²) >= 11 is 0. The van der Waals surface area contributed by atoms with Gasteiger partial charge >= 0.3 is 6.16 Å². The van der Waals surface area contributed by atoms with Crippen LogP contribution in [0.25, 0.3) is 10.8 Å². The second kappa shape index (κ2) is 4.66. The molecule has 0 heterocycles. The molecule has 0 saturated carbocycles. The molecule has 0 amide bonds. The van der Waals surface area contributed by atoms with Crippen LogP contribution in [0.15, 0.2) is 42.5 Å². The molecular weight excluding hydrogens is 204 g/mol. The maximum Gasteiger partial charge on any atom is 0.513 e. The van der Waals surface area contributed by atoms with E-state index in [2.05, 4.69) is 11.7 Å². The summed E-state index contributed by atoms with van der Waals surface area (Å²) in [6.45, 7) is 3.47. The second-order valence-corrected chi connectivity index (χ2v) is 3.18. The molecule has 81 valence electrons. The van der Waals surface area contributed by atoms with Crippen LogP contribution in [0.1, 0.15) is 0 Å². The van der Waals surface area contributed by atoms with Crippen LogP contribution >= 0.6 is 0 Å². The van der Waals surface area contributed by atoms with E-state index < -0.39 is 6.16 Å². The maximum absolute atomic E-state index is 11.2. The minimum atomic E-state index is -0.730. The van der Waals surface area contributed by atoms with E-state index in [9.17, 15) is 4.79 Å². The van der Waals surface area contributed by atoms with Gasteiger partial charge in [-0.2, -0.15) is 0 Å². The third-order valence-corrected chi connectivity index (χ3v) is 2.16. The first-order valence-electron chi connectivity index (χ1n) is 4.93. The smallest absolute Gasteiger partial charge is 0.434 e. The molecule has 0 aliphatic carbocycles. The van der Waals surface area contributed by atoms with Gasteiger partial charge in [-0.3, -0.25) is 0 Å². The topological polar surface area (TPSA) is 35.5 Å². The van der Waals surface area contributed by atoms with E-state index in [1.54, 1.807) is 6.07 Å². The summed E-state index contributed by atoms with van der Waals surface area (Å²) in [7, 11) is 0. The van der Waals surface area contributed by atoms with Gasteiger partial charge in [0.2, 0.25) is 0 Å². The maximum atomic E-state index is 11.2. The number of ether oxygens (including phenoxy) is 2. The Balaban J connectivity index is 2.33. The minimum absolute atomic E-state index is 0.0591. The van der Waals surface area contributed by atoms with Gasteiger partial charge in [-0.15, -0.1) is 0 Å². The number of hydrogen-bond donors (Lipinski definition) is 0. The van der Waals surface area contributed by atoms with Crippen molar-refractivity contribution in [3.05, 3.63) is 49.4 Å². The van der Waals surface area contributed by atoms with E-state index in [1.165, 1.54) is 0 Å². The van der Waals surface area contributed by atoms with Crippen LogP contribution in [-0.2, 0) is 4.74 Å². The largest absolute Gasteiger partial charge is 0.513 e. The number of carbonyl (C=O) groups excluding carboxylic acids is 1. The Morgan fingerprint density at radius 1 is 1.12 bits per heavy atom. The predicted octanol–water partition coefficient (Wildman–Crippen LogP) is 3.19. The molecule has 1 radical (unpaired) electrons. The molecule has 0 bridgehead atoms. The van der Waals surface area contributed by atoms with Gasteiger partial charge in [-0.25, -0.2) is 4.79 Å². The summed E-state index contributed by atoms with van der Waals surface area (Å²) in [6, 6.07) is 13.2. The standard InChI is InChI=1S/C13H11O3/c1-2-15-13(14)16-12-9-5-7-10-6-3-4-8-11(10)12/h3-9H,1-2H2. The van der Waals surface area contributed by atoms with Gasteiger partial charge in [-0.1, -0.05) is 36.4 Å². The molecule has 0 aliphatic heterocycles. The molecular formula is C13H11O3. The summed E-state index contributed by atoms with van der Waals surface area (Å²) in [5.74, 6) is 0.497. The van der Waals surface area contributed by atoms with E-state index in [0.29, 0.717) is 5.75 Å². The number of fused-ring (bicyclic) bond motifs is 1. The van der Waals surface area contributed by atoms with Crippen molar-refractivity contribution in [1.82, 2.24) is 0 Å². The molecule has 16 heavy (non-hydrogen) atoms. The van der Waals surface area contributed by atoms with Gasteiger partial charge < -0.3 is 9.47 Å². The van der Waals surface area contributed by atoms with Crippen molar-refractivity contribution in [3.8, 4) is 5.75 Å². The highest BCUT2D eigenvalue weighted by Gasteiger charge is 2.07.